The summed E-state index contributed by atoms with van der Waals surface area (Å²) in [7, 11) is 0. The number of aromatic nitrogens is 2. The van der Waals surface area contributed by atoms with E-state index >= 15 is 0 Å². The summed E-state index contributed by atoms with van der Waals surface area (Å²) in [6.45, 7) is 2.02. The second-order valence-corrected chi connectivity index (χ2v) is 4.98. The van der Waals surface area contributed by atoms with Crippen LogP contribution in [0, 0.1) is 12.7 Å². The van der Waals surface area contributed by atoms with Crippen molar-refractivity contribution in [2.45, 2.75) is 13.5 Å². The van der Waals surface area contributed by atoms with Gasteiger partial charge in [-0.05, 0) is 25.1 Å². The largest absolute Gasteiger partial charge is 0.395 e. The Morgan fingerprint density at radius 2 is 2.29 bits per heavy atom. The number of rotatable bonds is 5. The first-order chi connectivity index (χ1) is 10.0. The van der Waals surface area contributed by atoms with Gasteiger partial charge >= 0.3 is 0 Å². The second-order valence-electron chi connectivity index (χ2n) is 4.57. The fraction of sp³-hybridized carbons (Fsp3) is 0.286. The first-order valence-electron chi connectivity index (χ1n) is 6.37. The van der Waals surface area contributed by atoms with Crippen molar-refractivity contribution >= 4 is 17.5 Å². The van der Waals surface area contributed by atoms with Gasteiger partial charge in [-0.15, -0.1) is 0 Å². The van der Waals surface area contributed by atoms with Crippen LogP contribution in [0.1, 0.15) is 21.9 Å². The quantitative estimate of drug-likeness (QED) is 0.889. The molecule has 0 radical (unpaired) electrons. The lowest BCUT2D eigenvalue weighted by Crippen LogP contribution is -2.33. The maximum atomic E-state index is 13.0. The Kier molecular flexibility index (Phi) is 4.93. The molecular formula is C14H15ClFN3O2. The van der Waals surface area contributed by atoms with Crippen LogP contribution < -0.4 is 0 Å². The molecule has 0 aliphatic rings. The molecule has 0 bridgehead atoms. The summed E-state index contributed by atoms with van der Waals surface area (Å²) in [4.78, 5) is 20.9. The number of benzene rings is 1. The maximum Gasteiger partial charge on any atom is 0.255 e. The molecule has 112 valence electrons. The number of carbonyl (C=O) groups excluding carboxylic acids is 1. The fourth-order valence-electron chi connectivity index (χ4n) is 1.96. The SMILES string of the molecule is Cc1ncc(CN(CCO)C(=O)c2ccc(F)cc2Cl)[nH]1. The van der Waals surface area contributed by atoms with Gasteiger partial charge in [0.2, 0.25) is 0 Å². The molecule has 1 heterocycles. The minimum absolute atomic E-state index is 0.0451. The summed E-state index contributed by atoms with van der Waals surface area (Å²) in [6, 6.07) is 3.60. The molecule has 0 unspecified atom stereocenters. The van der Waals surface area contributed by atoms with Crippen LogP contribution >= 0.6 is 11.6 Å². The van der Waals surface area contributed by atoms with E-state index in [0.717, 1.165) is 17.6 Å². The Morgan fingerprint density at radius 3 is 2.86 bits per heavy atom. The molecule has 2 aromatic rings. The number of carbonyl (C=O) groups is 1. The van der Waals surface area contributed by atoms with Gasteiger partial charge in [0.25, 0.3) is 5.91 Å². The fourth-order valence-corrected chi connectivity index (χ4v) is 2.21. The van der Waals surface area contributed by atoms with Crippen LogP contribution in [0.2, 0.25) is 5.02 Å². The predicted octanol–water partition coefficient (Wildman–Crippen LogP) is 2.15. The highest BCUT2D eigenvalue weighted by molar-refractivity contribution is 6.33. The van der Waals surface area contributed by atoms with Gasteiger partial charge in [0.05, 0.1) is 35.6 Å². The van der Waals surface area contributed by atoms with Crippen LogP contribution in [0.15, 0.2) is 24.4 Å². The number of halogens is 2. The molecule has 0 fully saturated rings. The predicted molar refractivity (Wildman–Crippen MR) is 76.6 cm³/mol. The number of aryl methyl sites for hydroxylation is 1. The Labute approximate surface area is 126 Å². The van der Waals surface area contributed by atoms with E-state index in [2.05, 4.69) is 9.97 Å². The number of imidazole rings is 1. The Hall–Kier alpha value is -1.92. The van der Waals surface area contributed by atoms with Crippen LogP contribution in [0.25, 0.3) is 0 Å². The zero-order valence-corrected chi connectivity index (χ0v) is 12.2. The lowest BCUT2D eigenvalue weighted by molar-refractivity contribution is 0.0706. The molecule has 0 saturated heterocycles. The minimum atomic E-state index is -0.505. The molecule has 2 N–H and O–H groups in total. The maximum absolute atomic E-state index is 13.0. The zero-order chi connectivity index (χ0) is 15.4. The molecular weight excluding hydrogens is 297 g/mol. The molecule has 2 rings (SSSR count). The molecule has 0 aliphatic carbocycles. The number of aromatic amines is 1. The van der Waals surface area contributed by atoms with E-state index in [1.54, 1.807) is 13.1 Å². The number of nitrogens with zero attached hydrogens (tertiary/aromatic N) is 2. The van der Waals surface area contributed by atoms with Crippen molar-refractivity contribution in [3.63, 3.8) is 0 Å². The van der Waals surface area contributed by atoms with Gasteiger partial charge < -0.3 is 15.0 Å². The summed E-state index contributed by atoms with van der Waals surface area (Å²) >= 11 is 5.91. The van der Waals surface area contributed by atoms with Gasteiger partial charge in [0.15, 0.2) is 0 Å². The van der Waals surface area contributed by atoms with Crippen LogP contribution in [0.5, 0.6) is 0 Å². The molecule has 7 heteroatoms. The van der Waals surface area contributed by atoms with Crippen LogP contribution in [0.3, 0.4) is 0 Å². The third-order valence-corrected chi connectivity index (χ3v) is 3.25. The smallest absolute Gasteiger partial charge is 0.255 e. The highest BCUT2D eigenvalue weighted by Crippen LogP contribution is 2.20. The van der Waals surface area contributed by atoms with Gasteiger partial charge in [-0.1, -0.05) is 11.6 Å². The van der Waals surface area contributed by atoms with Gasteiger partial charge in [-0.25, -0.2) is 9.37 Å². The molecule has 0 saturated carbocycles. The lowest BCUT2D eigenvalue weighted by Gasteiger charge is -2.21. The Bertz CT molecular complexity index is 645. The van der Waals surface area contributed by atoms with Crippen LogP contribution in [-0.2, 0) is 6.54 Å². The van der Waals surface area contributed by atoms with Crippen molar-refractivity contribution < 1.29 is 14.3 Å². The van der Waals surface area contributed by atoms with Crippen molar-refractivity contribution in [3.05, 3.63) is 52.3 Å². The minimum Gasteiger partial charge on any atom is -0.395 e. The first-order valence-corrected chi connectivity index (χ1v) is 6.74. The van der Waals surface area contributed by atoms with Crippen LogP contribution in [-0.4, -0.2) is 39.0 Å². The third-order valence-electron chi connectivity index (χ3n) is 2.94. The molecule has 21 heavy (non-hydrogen) atoms. The van der Waals surface area contributed by atoms with E-state index in [-0.39, 0.29) is 36.2 Å². The van der Waals surface area contributed by atoms with E-state index in [4.69, 9.17) is 16.7 Å². The average molecular weight is 312 g/mol. The van der Waals surface area contributed by atoms with E-state index in [9.17, 15) is 9.18 Å². The Morgan fingerprint density at radius 1 is 1.52 bits per heavy atom. The molecule has 0 spiro atoms. The van der Waals surface area contributed by atoms with Gasteiger partial charge in [-0.3, -0.25) is 4.79 Å². The number of aliphatic hydroxyl groups is 1. The summed E-state index contributed by atoms with van der Waals surface area (Å²) < 4.78 is 13.0. The molecule has 1 aromatic carbocycles. The van der Waals surface area contributed by atoms with E-state index in [1.165, 1.54) is 17.0 Å². The summed E-state index contributed by atoms with van der Waals surface area (Å²) in [6.07, 6.45) is 1.62. The number of H-pyrrole nitrogens is 1. The zero-order valence-electron chi connectivity index (χ0n) is 11.4. The standard InChI is InChI=1S/C14H15ClFN3O2/c1-9-17-7-11(18-9)8-19(4-5-20)14(21)12-3-2-10(16)6-13(12)15/h2-3,6-7,20H,4-5,8H2,1H3,(H,17,18). The average Bonchev–Trinajstić information content (AvgIpc) is 2.83. The van der Waals surface area contributed by atoms with Gasteiger partial charge in [0, 0.05) is 6.54 Å². The number of aliphatic hydroxyl groups excluding tert-OH is 1. The summed E-state index contributed by atoms with van der Waals surface area (Å²) in [5, 5.41) is 9.16. The van der Waals surface area contributed by atoms with Crippen LogP contribution in [0.4, 0.5) is 4.39 Å². The molecule has 5 nitrogen and oxygen atoms in total. The van der Waals surface area contributed by atoms with E-state index < -0.39 is 5.82 Å². The van der Waals surface area contributed by atoms with Crippen molar-refractivity contribution in [2.75, 3.05) is 13.2 Å². The number of hydrogen-bond donors (Lipinski definition) is 2. The lowest BCUT2D eigenvalue weighted by atomic mass is 10.2. The third kappa shape index (κ3) is 3.80. The normalized spacial score (nSPS) is 10.7. The van der Waals surface area contributed by atoms with E-state index in [1.807, 2.05) is 0 Å². The topological polar surface area (TPSA) is 69.2 Å². The molecule has 1 amide bonds. The summed E-state index contributed by atoms with van der Waals surface area (Å²) in [5.74, 6) is -0.142. The second kappa shape index (κ2) is 6.69. The van der Waals surface area contributed by atoms with Gasteiger partial charge in [-0.2, -0.15) is 0 Å². The van der Waals surface area contributed by atoms with E-state index in [0.29, 0.717) is 0 Å². The Balaban J connectivity index is 2.22. The van der Waals surface area contributed by atoms with Crippen molar-refractivity contribution in [1.29, 1.82) is 0 Å². The van der Waals surface area contributed by atoms with Crippen molar-refractivity contribution in [2.24, 2.45) is 0 Å². The van der Waals surface area contributed by atoms with Crippen molar-refractivity contribution in [3.8, 4) is 0 Å². The van der Waals surface area contributed by atoms with Crippen molar-refractivity contribution in [1.82, 2.24) is 14.9 Å². The van der Waals surface area contributed by atoms with Gasteiger partial charge in [0.1, 0.15) is 11.6 Å². The molecule has 0 atom stereocenters. The first kappa shape index (κ1) is 15.5. The molecule has 0 aliphatic heterocycles. The number of nitrogens with one attached hydrogen (secondary N) is 1. The highest BCUT2D eigenvalue weighted by Gasteiger charge is 2.19. The summed E-state index contributed by atoms with van der Waals surface area (Å²) in [5.41, 5.74) is 0.940. The number of hydrogen-bond acceptors (Lipinski definition) is 3. The monoisotopic (exact) mass is 311 g/mol. The highest BCUT2D eigenvalue weighted by atomic mass is 35.5. The number of amides is 1. The molecule has 1 aromatic heterocycles.